The number of ether oxygens (including phenoxy) is 3. The van der Waals surface area contributed by atoms with Crippen molar-refractivity contribution in [2.75, 3.05) is 13.2 Å². The summed E-state index contributed by atoms with van der Waals surface area (Å²) in [7, 11) is 0. The lowest BCUT2D eigenvalue weighted by molar-refractivity contribution is -0.167. The zero-order valence-electron chi connectivity index (χ0n) is 47.5. The van der Waals surface area contributed by atoms with Crippen LogP contribution in [0.4, 0.5) is 0 Å². The van der Waals surface area contributed by atoms with Gasteiger partial charge in [-0.2, -0.15) is 0 Å². The Balaban J connectivity index is 4.40. The molecule has 0 aliphatic rings. The van der Waals surface area contributed by atoms with Gasteiger partial charge in [0.25, 0.3) is 0 Å². The van der Waals surface area contributed by atoms with Gasteiger partial charge >= 0.3 is 17.9 Å². The van der Waals surface area contributed by atoms with Crippen molar-refractivity contribution in [2.45, 2.75) is 335 Å². The van der Waals surface area contributed by atoms with Crippen LogP contribution >= 0.6 is 0 Å². The van der Waals surface area contributed by atoms with Crippen LogP contribution in [0, 0.1) is 0 Å². The fourth-order valence-corrected chi connectivity index (χ4v) is 9.13. The maximum absolute atomic E-state index is 12.9. The Morgan fingerprint density at radius 2 is 0.507 bits per heavy atom. The topological polar surface area (TPSA) is 78.9 Å². The monoisotopic (exact) mass is 995 g/mol. The smallest absolute Gasteiger partial charge is 0.306 e. The second-order valence-electron chi connectivity index (χ2n) is 21.0. The van der Waals surface area contributed by atoms with E-state index in [1.54, 1.807) is 0 Å². The normalized spacial score (nSPS) is 11.9. The van der Waals surface area contributed by atoms with Gasteiger partial charge in [-0.3, -0.25) is 14.4 Å². The van der Waals surface area contributed by atoms with Crippen molar-refractivity contribution in [3.05, 3.63) is 48.6 Å². The molecule has 0 radical (unpaired) electrons. The average molecular weight is 996 g/mol. The lowest BCUT2D eigenvalue weighted by Gasteiger charge is -2.18. The Kier molecular flexibility index (Phi) is 57.7. The molecule has 71 heavy (non-hydrogen) atoms. The van der Waals surface area contributed by atoms with Crippen LogP contribution in [0.5, 0.6) is 0 Å². The molecule has 0 N–H and O–H groups in total. The average Bonchev–Trinajstić information content (AvgIpc) is 3.37. The molecule has 0 aromatic heterocycles. The SMILES string of the molecule is CCCCC/C=C\C/C=C\C/C=C\C/C=C\CCCCCC(=O)OC(COC(=O)CCCCCCCCCCCCCCCCCCC)COC(=O)CCCCCCCCCCCCCCCCCCC. The maximum atomic E-state index is 12.9. The molecule has 0 saturated heterocycles. The molecule has 0 spiro atoms. The number of esters is 3. The number of hydrogen-bond acceptors (Lipinski definition) is 6. The number of carbonyl (C=O) groups is 3. The summed E-state index contributed by atoms with van der Waals surface area (Å²) in [5.41, 5.74) is 0. The Morgan fingerprint density at radius 1 is 0.282 bits per heavy atom. The molecule has 0 aliphatic heterocycles. The van der Waals surface area contributed by atoms with E-state index in [2.05, 4.69) is 69.4 Å². The van der Waals surface area contributed by atoms with Gasteiger partial charge < -0.3 is 14.2 Å². The molecule has 6 heteroatoms. The highest BCUT2D eigenvalue weighted by molar-refractivity contribution is 5.71. The maximum Gasteiger partial charge on any atom is 0.306 e. The number of carbonyl (C=O) groups excluding carboxylic acids is 3. The van der Waals surface area contributed by atoms with Crippen LogP contribution in [-0.4, -0.2) is 37.2 Å². The first-order valence-electron chi connectivity index (χ1n) is 31.1. The molecule has 0 saturated carbocycles. The summed E-state index contributed by atoms with van der Waals surface area (Å²) in [6.07, 6.45) is 73.9. The van der Waals surface area contributed by atoms with E-state index in [-0.39, 0.29) is 31.1 Å². The molecule has 0 aliphatic carbocycles. The Morgan fingerprint density at radius 3 is 0.817 bits per heavy atom. The van der Waals surface area contributed by atoms with Crippen molar-refractivity contribution in [3.63, 3.8) is 0 Å². The Labute approximate surface area is 441 Å². The van der Waals surface area contributed by atoms with E-state index in [4.69, 9.17) is 14.2 Å². The van der Waals surface area contributed by atoms with Gasteiger partial charge in [-0.15, -0.1) is 0 Å². The summed E-state index contributed by atoms with van der Waals surface area (Å²) in [5.74, 6) is -0.890. The molecule has 0 bridgehead atoms. The van der Waals surface area contributed by atoms with E-state index in [1.165, 1.54) is 205 Å². The second kappa shape index (κ2) is 59.9. The fraction of sp³-hybridized carbons (Fsp3) is 0.831. The Bertz CT molecular complexity index is 1180. The highest BCUT2D eigenvalue weighted by Gasteiger charge is 2.19. The summed E-state index contributed by atoms with van der Waals surface area (Å²) in [5, 5.41) is 0. The Hall–Kier alpha value is -2.63. The van der Waals surface area contributed by atoms with Gasteiger partial charge in [0.2, 0.25) is 0 Å². The lowest BCUT2D eigenvalue weighted by Crippen LogP contribution is -2.30. The first kappa shape index (κ1) is 68.4. The minimum atomic E-state index is -0.787. The van der Waals surface area contributed by atoms with Gasteiger partial charge in [-0.1, -0.05) is 294 Å². The molecule has 0 fully saturated rings. The third-order valence-electron chi connectivity index (χ3n) is 13.8. The highest BCUT2D eigenvalue weighted by atomic mass is 16.6. The quantitative estimate of drug-likeness (QED) is 0.0261. The first-order chi connectivity index (χ1) is 35.0. The van der Waals surface area contributed by atoms with Crippen molar-refractivity contribution < 1.29 is 28.6 Å². The summed E-state index contributed by atoms with van der Waals surface area (Å²) < 4.78 is 16.9. The van der Waals surface area contributed by atoms with Crippen LogP contribution in [0.25, 0.3) is 0 Å². The van der Waals surface area contributed by atoms with Gasteiger partial charge in [0.05, 0.1) is 0 Å². The van der Waals surface area contributed by atoms with Crippen LogP contribution in [0.3, 0.4) is 0 Å². The van der Waals surface area contributed by atoms with Gasteiger partial charge in [0.1, 0.15) is 13.2 Å². The fourth-order valence-electron chi connectivity index (χ4n) is 9.13. The van der Waals surface area contributed by atoms with E-state index < -0.39 is 6.10 Å². The van der Waals surface area contributed by atoms with Gasteiger partial charge in [0, 0.05) is 19.3 Å². The summed E-state index contributed by atoms with van der Waals surface area (Å²) in [6, 6.07) is 0. The molecule has 0 aromatic rings. The predicted molar refractivity (Wildman–Crippen MR) is 307 cm³/mol. The van der Waals surface area contributed by atoms with Crippen molar-refractivity contribution >= 4 is 17.9 Å². The van der Waals surface area contributed by atoms with Crippen molar-refractivity contribution in [1.29, 1.82) is 0 Å². The predicted octanol–water partition coefficient (Wildman–Crippen LogP) is 21.0. The number of unbranched alkanes of at least 4 members (excludes halogenated alkanes) is 38. The van der Waals surface area contributed by atoms with E-state index in [0.29, 0.717) is 19.3 Å². The van der Waals surface area contributed by atoms with E-state index in [1.807, 2.05) is 0 Å². The third-order valence-corrected chi connectivity index (χ3v) is 13.8. The molecule has 0 amide bonds. The zero-order chi connectivity index (χ0) is 51.4. The molecular formula is C65H118O6. The van der Waals surface area contributed by atoms with Crippen LogP contribution < -0.4 is 0 Å². The van der Waals surface area contributed by atoms with Gasteiger partial charge in [-0.25, -0.2) is 0 Å². The van der Waals surface area contributed by atoms with E-state index >= 15 is 0 Å². The number of hydrogen-bond donors (Lipinski definition) is 0. The lowest BCUT2D eigenvalue weighted by atomic mass is 10.0. The second-order valence-corrected chi connectivity index (χ2v) is 21.0. The van der Waals surface area contributed by atoms with Crippen LogP contribution in [0.2, 0.25) is 0 Å². The minimum absolute atomic E-state index is 0.0813. The summed E-state index contributed by atoms with van der Waals surface area (Å²) in [6.45, 7) is 6.64. The molecular weight excluding hydrogens is 877 g/mol. The molecule has 0 atom stereocenters. The van der Waals surface area contributed by atoms with E-state index in [9.17, 15) is 14.4 Å². The first-order valence-corrected chi connectivity index (χ1v) is 31.1. The molecule has 414 valence electrons. The number of rotatable bonds is 57. The molecule has 0 heterocycles. The van der Waals surface area contributed by atoms with Gasteiger partial charge in [-0.05, 0) is 64.2 Å². The van der Waals surface area contributed by atoms with Crippen molar-refractivity contribution in [2.24, 2.45) is 0 Å². The van der Waals surface area contributed by atoms with Crippen molar-refractivity contribution in [1.82, 2.24) is 0 Å². The standard InChI is InChI=1S/C65H118O6/c1-4-7-10-13-16-19-22-25-28-31-32-35-38-41-44-47-50-53-56-59-65(68)71-62(60-69-63(66)57-54-51-48-45-42-39-36-33-29-26-23-20-17-14-11-8-5-2)61-70-64(67)58-55-52-49-46-43-40-37-34-30-27-24-21-18-15-12-9-6-3/h16,19,25,28,32,35,41,44,62H,4-15,17-18,20-24,26-27,29-31,33-34,36-40,42-43,45-61H2,1-3H3/b19-16-,28-25-,35-32-,44-41-. The van der Waals surface area contributed by atoms with Gasteiger partial charge in [0.15, 0.2) is 6.10 Å². The third kappa shape index (κ3) is 58.1. The highest BCUT2D eigenvalue weighted by Crippen LogP contribution is 2.17. The molecule has 0 rings (SSSR count). The molecule has 0 aromatic carbocycles. The largest absolute Gasteiger partial charge is 0.462 e. The van der Waals surface area contributed by atoms with E-state index in [0.717, 1.165) is 83.5 Å². The molecule has 0 unspecified atom stereocenters. The summed E-state index contributed by atoms with van der Waals surface area (Å²) in [4.78, 5) is 38.3. The number of allylic oxidation sites excluding steroid dienone is 8. The van der Waals surface area contributed by atoms with Crippen molar-refractivity contribution in [3.8, 4) is 0 Å². The summed E-state index contributed by atoms with van der Waals surface area (Å²) >= 11 is 0. The van der Waals surface area contributed by atoms with Crippen LogP contribution in [0.15, 0.2) is 48.6 Å². The molecule has 6 nitrogen and oxygen atoms in total. The van der Waals surface area contributed by atoms with Crippen LogP contribution in [0.1, 0.15) is 329 Å². The van der Waals surface area contributed by atoms with Crippen LogP contribution in [-0.2, 0) is 28.6 Å². The minimum Gasteiger partial charge on any atom is -0.462 e. The zero-order valence-corrected chi connectivity index (χ0v) is 47.5.